The normalized spacial score (nSPS) is 12.2. The van der Waals surface area contributed by atoms with Crippen LogP contribution in [0.15, 0.2) is 54.6 Å². The minimum Gasteiger partial charge on any atom is -0.388 e. The van der Waals surface area contributed by atoms with Gasteiger partial charge in [0.25, 0.3) is 0 Å². The molecule has 0 aromatic heterocycles. The summed E-state index contributed by atoms with van der Waals surface area (Å²) in [6.45, 7) is 1.91. The van der Waals surface area contributed by atoms with Crippen molar-refractivity contribution < 1.29 is 18.3 Å². The predicted octanol–water partition coefficient (Wildman–Crippen LogP) is 6.65. The maximum absolute atomic E-state index is 15.3. The molecule has 1 unspecified atom stereocenters. The quantitative estimate of drug-likeness (QED) is 0.487. The van der Waals surface area contributed by atoms with Gasteiger partial charge in [0.1, 0.15) is 17.5 Å². The lowest BCUT2D eigenvalue weighted by Crippen LogP contribution is -2.11. The average molecular weight is 405 g/mol. The Morgan fingerprint density at radius 1 is 0.964 bits per heavy atom. The Morgan fingerprint density at radius 2 is 1.68 bits per heavy atom. The van der Waals surface area contributed by atoms with Gasteiger partial charge < -0.3 is 5.11 Å². The molecular formula is C23H20ClF3O. The molecular weight excluding hydrogens is 385 g/mol. The lowest BCUT2D eigenvalue weighted by Gasteiger charge is -2.19. The molecule has 0 fully saturated rings. The zero-order valence-electron chi connectivity index (χ0n) is 15.4. The van der Waals surface area contributed by atoms with Crippen LogP contribution in [-0.4, -0.2) is 5.11 Å². The van der Waals surface area contributed by atoms with E-state index in [1.165, 1.54) is 18.2 Å². The molecule has 0 aliphatic carbocycles. The summed E-state index contributed by atoms with van der Waals surface area (Å²) in [4.78, 5) is 0. The molecule has 28 heavy (non-hydrogen) atoms. The van der Waals surface area contributed by atoms with E-state index in [4.69, 9.17) is 11.6 Å². The first-order valence-electron chi connectivity index (χ1n) is 9.10. The highest BCUT2D eigenvalue weighted by molar-refractivity contribution is 6.30. The van der Waals surface area contributed by atoms with Crippen molar-refractivity contribution >= 4 is 11.6 Å². The maximum Gasteiger partial charge on any atom is 0.142 e. The Kier molecular flexibility index (Phi) is 6.42. The number of halogens is 4. The van der Waals surface area contributed by atoms with Gasteiger partial charge in [0.15, 0.2) is 0 Å². The van der Waals surface area contributed by atoms with Crippen LogP contribution in [0.3, 0.4) is 0 Å². The van der Waals surface area contributed by atoms with Gasteiger partial charge >= 0.3 is 0 Å². The standard InChI is InChI=1S/C23H20ClF3O/c1-2-6-16-17(15-7-4-3-5-8-15)13-20(26)22(23(16)27)21(28)12-14-9-10-18(24)19(25)11-14/h3-5,7-11,13,21,28H,2,6,12H2,1H3. The minimum absolute atomic E-state index is 0.0481. The van der Waals surface area contributed by atoms with Crippen LogP contribution in [0.4, 0.5) is 13.2 Å². The molecule has 1 N–H and O–H groups in total. The van der Waals surface area contributed by atoms with E-state index in [0.717, 1.165) is 6.07 Å². The molecule has 0 amide bonds. The highest BCUT2D eigenvalue weighted by atomic mass is 35.5. The van der Waals surface area contributed by atoms with Gasteiger partial charge in [-0.3, -0.25) is 0 Å². The highest BCUT2D eigenvalue weighted by Gasteiger charge is 2.24. The number of aliphatic hydroxyl groups is 1. The van der Waals surface area contributed by atoms with Crippen molar-refractivity contribution in [2.24, 2.45) is 0 Å². The Balaban J connectivity index is 2.03. The molecule has 0 aliphatic heterocycles. The van der Waals surface area contributed by atoms with E-state index < -0.39 is 29.1 Å². The van der Waals surface area contributed by atoms with Gasteiger partial charge in [-0.2, -0.15) is 0 Å². The molecule has 0 spiro atoms. The van der Waals surface area contributed by atoms with E-state index in [1.807, 2.05) is 13.0 Å². The molecule has 0 saturated carbocycles. The molecule has 3 aromatic carbocycles. The Hall–Kier alpha value is -2.30. The molecule has 0 aliphatic rings. The fraction of sp³-hybridized carbons (Fsp3) is 0.217. The fourth-order valence-electron chi connectivity index (χ4n) is 3.34. The summed E-state index contributed by atoms with van der Waals surface area (Å²) in [5.41, 5.74) is 1.57. The largest absolute Gasteiger partial charge is 0.388 e. The molecule has 5 heteroatoms. The molecule has 1 nitrogen and oxygen atoms in total. The van der Waals surface area contributed by atoms with E-state index in [1.54, 1.807) is 24.3 Å². The number of aliphatic hydroxyl groups excluding tert-OH is 1. The first kappa shape index (κ1) is 20.4. The molecule has 0 bridgehead atoms. The molecule has 1 atom stereocenters. The third kappa shape index (κ3) is 4.23. The van der Waals surface area contributed by atoms with Gasteiger partial charge in [-0.15, -0.1) is 0 Å². The van der Waals surface area contributed by atoms with E-state index in [-0.39, 0.29) is 11.4 Å². The van der Waals surface area contributed by atoms with Crippen LogP contribution in [0.1, 0.15) is 36.1 Å². The smallest absolute Gasteiger partial charge is 0.142 e. The minimum atomic E-state index is -1.44. The number of hydrogen-bond donors (Lipinski definition) is 1. The van der Waals surface area contributed by atoms with Crippen molar-refractivity contribution in [1.82, 2.24) is 0 Å². The van der Waals surface area contributed by atoms with Crippen molar-refractivity contribution in [1.29, 1.82) is 0 Å². The van der Waals surface area contributed by atoms with Crippen molar-refractivity contribution in [3.63, 3.8) is 0 Å². The summed E-state index contributed by atoms with van der Waals surface area (Å²) in [6, 6.07) is 14.3. The fourth-order valence-corrected chi connectivity index (χ4v) is 3.46. The van der Waals surface area contributed by atoms with Crippen LogP contribution < -0.4 is 0 Å². The summed E-state index contributed by atoms with van der Waals surface area (Å²) >= 11 is 5.66. The molecule has 146 valence electrons. The number of benzene rings is 3. The van der Waals surface area contributed by atoms with E-state index in [9.17, 15) is 13.9 Å². The molecule has 0 saturated heterocycles. The second-order valence-electron chi connectivity index (χ2n) is 6.70. The maximum atomic E-state index is 15.3. The van der Waals surface area contributed by atoms with Gasteiger partial charge in [-0.25, -0.2) is 13.2 Å². The van der Waals surface area contributed by atoms with Crippen molar-refractivity contribution in [3.05, 3.63) is 93.8 Å². The third-order valence-electron chi connectivity index (χ3n) is 4.69. The lowest BCUT2D eigenvalue weighted by molar-refractivity contribution is 0.168. The van der Waals surface area contributed by atoms with Gasteiger partial charge in [0.2, 0.25) is 0 Å². The Bertz CT molecular complexity index is 973. The van der Waals surface area contributed by atoms with Crippen molar-refractivity contribution in [3.8, 4) is 11.1 Å². The van der Waals surface area contributed by atoms with Gasteiger partial charge in [0, 0.05) is 6.42 Å². The Labute approximate surface area is 167 Å². The van der Waals surface area contributed by atoms with E-state index >= 15 is 4.39 Å². The van der Waals surface area contributed by atoms with Crippen molar-refractivity contribution in [2.45, 2.75) is 32.3 Å². The van der Waals surface area contributed by atoms with Crippen LogP contribution in [0.5, 0.6) is 0 Å². The molecule has 0 heterocycles. The second kappa shape index (κ2) is 8.80. The molecule has 3 rings (SSSR count). The third-order valence-corrected chi connectivity index (χ3v) is 4.99. The first-order valence-corrected chi connectivity index (χ1v) is 9.48. The molecule has 0 radical (unpaired) electrons. The SMILES string of the molecule is CCCc1c(-c2ccccc2)cc(F)c(C(O)Cc2ccc(Cl)c(F)c2)c1F. The zero-order valence-corrected chi connectivity index (χ0v) is 16.1. The monoisotopic (exact) mass is 404 g/mol. The summed E-state index contributed by atoms with van der Waals surface area (Å²) in [7, 11) is 0. The van der Waals surface area contributed by atoms with Crippen LogP contribution in [0.2, 0.25) is 5.02 Å². The van der Waals surface area contributed by atoms with Crippen LogP contribution in [0.25, 0.3) is 11.1 Å². The van der Waals surface area contributed by atoms with Gasteiger partial charge in [-0.1, -0.05) is 61.3 Å². The average Bonchev–Trinajstić information content (AvgIpc) is 2.67. The predicted molar refractivity (Wildman–Crippen MR) is 106 cm³/mol. The summed E-state index contributed by atoms with van der Waals surface area (Å²) in [5, 5.41) is 10.5. The number of hydrogen-bond acceptors (Lipinski definition) is 1. The number of rotatable bonds is 6. The lowest BCUT2D eigenvalue weighted by atomic mass is 9.90. The summed E-state index contributed by atoms with van der Waals surface area (Å²) in [6.07, 6.45) is -0.495. The highest BCUT2D eigenvalue weighted by Crippen LogP contribution is 2.34. The summed E-state index contributed by atoms with van der Waals surface area (Å²) < 4.78 is 43.7. The first-order chi connectivity index (χ1) is 13.4. The second-order valence-corrected chi connectivity index (χ2v) is 7.10. The van der Waals surface area contributed by atoms with E-state index in [0.29, 0.717) is 35.1 Å². The van der Waals surface area contributed by atoms with Crippen LogP contribution in [-0.2, 0) is 12.8 Å². The van der Waals surface area contributed by atoms with Gasteiger partial charge in [0.05, 0.1) is 16.7 Å². The zero-order chi connectivity index (χ0) is 20.3. The van der Waals surface area contributed by atoms with Crippen LogP contribution >= 0.6 is 11.6 Å². The Morgan fingerprint density at radius 3 is 2.32 bits per heavy atom. The van der Waals surface area contributed by atoms with Gasteiger partial charge in [-0.05, 0) is 46.9 Å². The topological polar surface area (TPSA) is 20.2 Å². The van der Waals surface area contributed by atoms with Crippen LogP contribution in [0, 0.1) is 17.5 Å². The summed E-state index contributed by atoms with van der Waals surface area (Å²) in [5.74, 6) is -2.21. The van der Waals surface area contributed by atoms with Crippen molar-refractivity contribution in [2.75, 3.05) is 0 Å². The molecule has 3 aromatic rings. The van der Waals surface area contributed by atoms with E-state index in [2.05, 4.69) is 0 Å².